The summed E-state index contributed by atoms with van der Waals surface area (Å²) < 4.78 is 5.28. The number of carbonyl (C=O) groups excluding carboxylic acids is 1. The highest BCUT2D eigenvalue weighted by Crippen LogP contribution is 2.23. The number of nitrogens with one attached hydrogen (secondary N) is 1. The Labute approximate surface area is 146 Å². The summed E-state index contributed by atoms with van der Waals surface area (Å²) in [5.74, 6) is -0.00755. The van der Waals surface area contributed by atoms with Crippen molar-refractivity contribution in [1.82, 2.24) is 15.3 Å². The standard InChI is InChI=1S/C19H20N4O2/c1-12-6-13(2-4-20-12)19-17-10-21-16(7-14(17)9-22-19)8-18(24)23-15-3-5-25-11-15/h2,4,6-7,10,15H,3,5,8-9,11H2,1H3,(H,23,24). The predicted molar refractivity (Wildman–Crippen MR) is 93.6 cm³/mol. The second-order valence-electron chi connectivity index (χ2n) is 6.49. The van der Waals surface area contributed by atoms with Crippen molar-refractivity contribution in [2.75, 3.05) is 13.2 Å². The molecule has 0 radical (unpaired) electrons. The van der Waals surface area contributed by atoms with Gasteiger partial charge in [-0.05, 0) is 37.1 Å². The van der Waals surface area contributed by atoms with Crippen LogP contribution in [0.1, 0.15) is 34.5 Å². The molecule has 2 aromatic rings. The lowest BCUT2D eigenvalue weighted by molar-refractivity contribution is -0.121. The van der Waals surface area contributed by atoms with Crippen LogP contribution in [0.25, 0.3) is 0 Å². The van der Waals surface area contributed by atoms with Crippen LogP contribution < -0.4 is 5.32 Å². The Morgan fingerprint density at radius 1 is 1.36 bits per heavy atom. The van der Waals surface area contributed by atoms with Gasteiger partial charge in [-0.3, -0.25) is 19.8 Å². The van der Waals surface area contributed by atoms with Crippen molar-refractivity contribution in [2.24, 2.45) is 4.99 Å². The molecule has 0 spiro atoms. The maximum atomic E-state index is 12.1. The Kier molecular flexibility index (Phi) is 4.28. The van der Waals surface area contributed by atoms with Crippen LogP contribution in [-0.4, -0.2) is 40.8 Å². The van der Waals surface area contributed by atoms with E-state index in [9.17, 15) is 4.79 Å². The third kappa shape index (κ3) is 3.44. The molecule has 1 atom stereocenters. The molecule has 4 heterocycles. The number of rotatable bonds is 4. The van der Waals surface area contributed by atoms with Crippen molar-refractivity contribution in [3.8, 4) is 0 Å². The first-order chi connectivity index (χ1) is 12.2. The first-order valence-corrected chi connectivity index (χ1v) is 8.52. The van der Waals surface area contributed by atoms with E-state index in [2.05, 4.69) is 20.3 Å². The maximum Gasteiger partial charge on any atom is 0.226 e. The van der Waals surface area contributed by atoms with Crippen molar-refractivity contribution < 1.29 is 9.53 Å². The zero-order valence-corrected chi connectivity index (χ0v) is 14.2. The molecule has 1 fully saturated rings. The minimum Gasteiger partial charge on any atom is -0.379 e. The average Bonchev–Trinajstić information content (AvgIpc) is 3.24. The molecule has 0 aromatic carbocycles. The topological polar surface area (TPSA) is 76.5 Å². The zero-order chi connectivity index (χ0) is 17.2. The number of aryl methyl sites for hydroxylation is 1. The van der Waals surface area contributed by atoms with Crippen LogP contribution in [0.15, 0.2) is 35.6 Å². The van der Waals surface area contributed by atoms with Crippen LogP contribution in [0.4, 0.5) is 0 Å². The molecule has 4 rings (SSSR count). The molecule has 1 amide bonds. The average molecular weight is 336 g/mol. The number of pyridine rings is 2. The number of hydrogen-bond acceptors (Lipinski definition) is 5. The van der Waals surface area contributed by atoms with Crippen molar-refractivity contribution in [2.45, 2.75) is 32.4 Å². The van der Waals surface area contributed by atoms with Gasteiger partial charge in [-0.1, -0.05) is 0 Å². The monoisotopic (exact) mass is 336 g/mol. The molecule has 0 bridgehead atoms. The second kappa shape index (κ2) is 6.72. The number of aromatic nitrogens is 2. The molecule has 1 N–H and O–H groups in total. The lowest BCUT2D eigenvalue weighted by atomic mass is 10.0. The van der Waals surface area contributed by atoms with Gasteiger partial charge in [0, 0.05) is 35.8 Å². The minimum absolute atomic E-state index is 0.00755. The van der Waals surface area contributed by atoms with E-state index in [4.69, 9.17) is 4.74 Å². The first-order valence-electron chi connectivity index (χ1n) is 8.52. The third-order valence-corrected chi connectivity index (χ3v) is 4.52. The Morgan fingerprint density at radius 2 is 2.28 bits per heavy atom. The Morgan fingerprint density at radius 3 is 3.08 bits per heavy atom. The number of fused-ring (bicyclic) bond motifs is 1. The van der Waals surface area contributed by atoms with E-state index < -0.39 is 0 Å². The van der Waals surface area contributed by atoms with Crippen molar-refractivity contribution in [3.63, 3.8) is 0 Å². The zero-order valence-electron chi connectivity index (χ0n) is 14.2. The highest BCUT2D eigenvalue weighted by atomic mass is 16.5. The molecule has 25 heavy (non-hydrogen) atoms. The fraction of sp³-hybridized carbons (Fsp3) is 0.368. The molecule has 128 valence electrons. The van der Waals surface area contributed by atoms with Crippen LogP contribution in [0, 0.1) is 6.92 Å². The first kappa shape index (κ1) is 15.9. The summed E-state index contributed by atoms with van der Waals surface area (Å²) >= 11 is 0. The normalized spacial score (nSPS) is 18.8. The summed E-state index contributed by atoms with van der Waals surface area (Å²) in [5.41, 5.74) is 5.90. The number of nitrogens with zero attached hydrogens (tertiary/aromatic N) is 3. The Bertz CT molecular complexity index is 841. The number of aliphatic imine (C=N–C) groups is 1. The van der Waals surface area contributed by atoms with E-state index in [-0.39, 0.29) is 18.4 Å². The van der Waals surface area contributed by atoms with E-state index in [0.29, 0.717) is 13.2 Å². The fourth-order valence-electron chi connectivity index (χ4n) is 3.27. The number of ether oxygens (including phenoxy) is 1. The summed E-state index contributed by atoms with van der Waals surface area (Å²) in [4.78, 5) is 25.5. The second-order valence-corrected chi connectivity index (χ2v) is 6.49. The molecule has 6 nitrogen and oxygen atoms in total. The van der Waals surface area contributed by atoms with E-state index in [1.54, 1.807) is 6.20 Å². The van der Waals surface area contributed by atoms with Gasteiger partial charge in [0.2, 0.25) is 5.91 Å². The van der Waals surface area contributed by atoms with E-state index in [1.165, 1.54) is 0 Å². The van der Waals surface area contributed by atoms with Crippen LogP contribution in [0.3, 0.4) is 0 Å². The van der Waals surface area contributed by atoms with E-state index >= 15 is 0 Å². The van der Waals surface area contributed by atoms with Crippen LogP contribution >= 0.6 is 0 Å². The van der Waals surface area contributed by atoms with Crippen LogP contribution in [0.2, 0.25) is 0 Å². The molecule has 1 unspecified atom stereocenters. The molecule has 2 aliphatic rings. The Balaban J connectivity index is 1.47. The molecule has 6 heteroatoms. The summed E-state index contributed by atoms with van der Waals surface area (Å²) in [6, 6.07) is 6.11. The fourth-order valence-corrected chi connectivity index (χ4v) is 3.27. The van der Waals surface area contributed by atoms with Gasteiger partial charge >= 0.3 is 0 Å². The third-order valence-electron chi connectivity index (χ3n) is 4.52. The van der Waals surface area contributed by atoms with Gasteiger partial charge in [-0.15, -0.1) is 0 Å². The van der Waals surface area contributed by atoms with Gasteiger partial charge in [0.15, 0.2) is 0 Å². The SMILES string of the molecule is Cc1cc(C2=NCc3cc(CC(=O)NC4CCOC4)ncc32)ccn1. The highest BCUT2D eigenvalue weighted by molar-refractivity contribution is 6.15. The highest BCUT2D eigenvalue weighted by Gasteiger charge is 2.21. The maximum absolute atomic E-state index is 12.1. The Hall–Kier alpha value is -2.60. The summed E-state index contributed by atoms with van der Waals surface area (Å²) in [5, 5.41) is 3.00. The molecule has 1 saturated heterocycles. The minimum atomic E-state index is -0.00755. The van der Waals surface area contributed by atoms with Crippen LogP contribution in [-0.2, 0) is 22.5 Å². The summed E-state index contributed by atoms with van der Waals surface area (Å²) in [6.07, 6.45) is 4.79. The lowest BCUT2D eigenvalue weighted by Crippen LogP contribution is -2.36. The van der Waals surface area contributed by atoms with Crippen molar-refractivity contribution in [1.29, 1.82) is 0 Å². The predicted octanol–water partition coefficient (Wildman–Crippen LogP) is 1.58. The van der Waals surface area contributed by atoms with Gasteiger partial charge in [0.05, 0.1) is 37.0 Å². The van der Waals surface area contributed by atoms with Crippen LogP contribution in [0.5, 0.6) is 0 Å². The summed E-state index contributed by atoms with van der Waals surface area (Å²) in [7, 11) is 0. The van der Waals surface area contributed by atoms with Gasteiger partial charge in [-0.2, -0.15) is 0 Å². The van der Waals surface area contributed by atoms with Gasteiger partial charge < -0.3 is 10.1 Å². The number of carbonyl (C=O) groups is 1. The van der Waals surface area contributed by atoms with Gasteiger partial charge in [0.1, 0.15) is 0 Å². The molecule has 2 aromatic heterocycles. The van der Waals surface area contributed by atoms with Gasteiger partial charge in [0.25, 0.3) is 0 Å². The smallest absolute Gasteiger partial charge is 0.226 e. The molecule has 2 aliphatic heterocycles. The molecular weight excluding hydrogens is 316 g/mol. The number of amides is 1. The lowest BCUT2D eigenvalue weighted by Gasteiger charge is -2.11. The summed E-state index contributed by atoms with van der Waals surface area (Å²) in [6.45, 7) is 3.91. The van der Waals surface area contributed by atoms with Gasteiger partial charge in [-0.25, -0.2) is 0 Å². The molecule has 0 saturated carbocycles. The van der Waals surface area contributed by atoms with E-state index in [0.717, 1.165) is 46.8 Å². The van der Waals surface area contributed by atoms with Crippen molar-refractivity contribution in [3.05, 3.63) is 58.7 Å². The number of hydrogen-bond donors (Lipinski definition) is 1. The molecule has 0 aliphatic carbocycles. The van der Waals surface area contributed by atoms with E-state index in [1.807, 2.05) is 31.3 Å². The quantitative estimate of drug-likeness (QED) is 0.920. The van der Waals surface area contributed by atoms with Crippen molar-refractivity contribution >= 4 is 11.6 Å². The molecular formula is C19H20N4O2. The largest absolute Gasteiger partial charge is 0.379 e.